The first-order chi connectivity index (χ1) is 14.0. The van der Waals surface area contributed by atoms with Crippen LogP contribution < -0.4 is 15.2 Å². The molecule has 0 bridgehead atoms. The highest BCUT2D eigenvalue weighted by Crippen LogP contribution is 2.30. The fourth-order valence-electron chi connectivity index (χ4n) is 2.67. The predicted molar refractivity (Wildman–Crippen MR) is 114 cm³/mol. The van der Waals surface area contributed by atoms with Crippen LogP contribution in [0.25, 0.3) is 6.08 Å². The lowest BCUT2D eigenvalue weighted by Gasteiger charge is -2.14. The number of hydrogen-bond acceptors (Lipinski definition) is 5. The van der Waals surface area contributed by atoms with E-state index in [1.165, 1.54) is 6.08 Å². The van der Waals surface area contributed by atoms with Crippen LogP contribution in [-0.2, 0) is 16.0 Å². The van der Waals surface area contributed by atoms with Gasteiger partial charge in [-0.05, 0) is 54.8 Å². The Morgan fingerprint density at radius 3 is 2.55 bits per heavy atom. The highest BCUT2D eigenvalue weighted by molar-refractivity contribution is 5.90. The number of nitrogens with two attached hydrogens (primary N) is 1. The van der Waals surface area contributed by atoms with Crippen LogP contribution in [0.15, 0.2) is 48.2 Å². The second kappa shape index (κ2) is 11.6. The number of hydrogen-bond donors (Lipinski definition) is 2. The maximum Gasteiger partial charge on any atom is 0.371 e. The lowest BCUT2D eigenvalue weighted by atomic mass is 10.1. The molecule has 0 fully saturated rings. The Morgan fingerprint density at radius 2 is 1.86 bits per heavy atom. The number of nitrogen functional groups attached to an aromatic ring is 1. The second-order valence-corrected chi connectivity index (χ2v) is 6.50. The first-order valence-corrected chi connectivity index (χ1v) is 9.85. The second-order valence-electron chi connectivity index (χ2n) is 6.50. The molecular formula is C23H29NO5. The van der Waals surface area contributed by atoms with Gasteiger partial charge in [0, 0.05) is 12.1 Å². The van der Waals surface area contributed by atoms with Crippen LogP contribution in [0.5, 0.6) is 11.5 Å². The summed E-state index contributed by atoms with van der Waals surface area (Å²) in [6.07, 6.45) is 4.13. The molecule has 6 nitrogen and oxygen atoms in total. The molecule has 0 aromatic heterocycles. The summed E-state index contributed by atoms with van der Waals surface area (Å²) in [4.78, 5) is 11.3. The molecule has 3 N–H and O–H groups in total. The van der Waals surface area contributed by atoms with Crippen molar-refractivity contribution < 1.29 is 24.1 Å². The fourth-order valence-corrected chi connectivity index (χ4v) is 2.67. The minimum atomic E-state index is -1.11. The molecule has 0 radical (unpaired) electrons. The molecule has 0 saturated carbocycles. The quantitative estimate of drug-likeness (QED) is 0.236. The number of rotatable bonds is 12. The monoisotopic (exact) mass is 399 g/mol. The van der Waals surface area contributed by atoms with Gasteiger partial charge in [0.25, 0.3) is 0 Å². The summed E-state index contributed by atoms with van der Waals surface area (Å²) in [5.41, 5.74) is 8.31. The Hall–Kier alpha value is -3.15. The Bertz CT molecular complexity index is 832. The van der Waals surface area contributed by atoms with Crippen LogP contribution in [0.2, 0.25) is 0 Å². The lowest BCUT2D eigenvalue weighted by Crippen LogP contribution is -2.06. The van der Waals surface area contributed by atoms with Crippen molar-refractivity contribution >= 4 is 17.7 Å². The van der Waals surface area contributed by atoms with Crippen molar-refractivity contribution in [2.24, 2.45) is 0 Å². The number of carboxylic acids is 1. The third-order valence-corrected chi connectivity index (χ3v) is 4.13. The summed E-state index contributed by atoms with van der Waals surface area (Å²) in [5.74, 6) is -0.0124. The standard InChI is InChI=1S/C23H29NO5/c1-3-5-12-28-21-15-18(16-22(23(25)26)27-4-2)9-10-20(21)29-13-11-17-7-6-8-19(24)14-17/h6-10,14-16H,3-5,11-13,24H2,1-2H3,(H,25,26)/b22-16+. The van der Waals surface area contributed by atoms with E-state index in [0.29, 0.717) is 36.7 Å². The summed E-state index contributed by atoms with van der Waals surface area (Å²) in [5, 5.41) is 9.25. The zero-order valence-electron chi connectivity index (χ0n) is 17.0. The van der Waals surface area contributed by atoms with Crippen molar-refractivity contribution in [3.63, 3.8) is 0 Å². The number of benzene rings is 2. The topological polar surface area (TPSA) is 91.0 Å². The van der Waals surface area contributed by atoms with Gasteiger partial charge in [-0.25, -0.2) is 4.79 Å². The molecular weight excluding hydrogens is 370 g/mol. The van der Waals surface area contributed by atoms with Crippen molar-refractivity contribution in [1.82, 2.24) is 0 Å². The van der Waals surface area contributed by atoms with E-state index in [2.05, 4.69) is 6.92 Å². The number of anilines is 1. The molecule has 0 aliphatic rings. The average Bonchev–Trinajstić information content (AvgIpc) is 2.69. The van der Waals surface area contributed by atoms with Gasteiger partial charge < -0.3 is 25.1 Å². The molecule has 0 aliphatic carbocycles. The van der Waals surface area contributed by atoms with Gasteiger partial charge in [0.05, 0.1) is 19.8 Å². The van der Waals surface area contributed by atoms with E-state index in [4.69, 9.17) is 19.9 Å². The van der Waals surface area contributed by atoms with Crippen molar-refractivity contribution in [1.29, 1.82) is 0 Å². The first kappa shape index (κ1) is 22.1. The maximum absolute atomic E-state index is 11.3. The number of aliphatic carboxylic acids is 1. The van der Waals surface area contributed by atoms with E-state index < -0.39 is 5.97 Å². The average molecular weight is 399 g/mol. The normalized spacial score (nSPS) is 11.2. The summed E-state index contributed by atoms with van der Waals surface area (Å²) >= 11 is 0. The van der Waals surface area contributed by atoms with Crippen LogP contribution in [0.1, 0.15) is 37.8 Å². The molecule has 2 rings (SSSR count). The molecule has 0 aliphatic heterocycles. The van der Waals surface area contributed by atoms with Gasteiger partial charge in [-0.15, -0.1) is 0 Å². The van der Waals surface area contributed by atoms with Gasteiger partial charge in [-0.1, -0.05) is 31.5 Å². The van der Waals surface area contributed by atoms with E-state index in [0.717, 1.165) is 24.1 Å². The summed E-state index contributed by atoms with van der Waals surface area (Å²) < 4.78 is 17.0. The Kier molecular flexibility index (Phi) is 8.89. The lowest BCUT2D eigenvalue weighted by molar-refractivity contribution is -0.136. The SMILES string of the molecule is CCCCOc1cc(/C=C(/OCC)C(=O)O)ccc1OCCc1cccc(N)c1. The van der Waals surface area contributed by atoms with E-state index >= 15 is 0 Å². The predicted octanol–water partition coefficient (Wildman–Crippen LogP) is 4.53. The zero-order valence-corrected chi connectivity index (χ0v) is 17.0. The minimum absolute atomic E-state index is 0.109. The molecule has 6 heteroatoms. The molecule has 0 unspecified atom stereocenters. The fraction of sp³-hybridized carbons (Fsp3) is 0.348. The third-order valence-electron chi connectivity index (χ3n) is 4.13. The molecule has 0 amide bonds. The number of ether oxygens (including phenoxy) is 3. The van der Waals surface area contributed by atoms with Crippen molar-refractivity contribution in [3.8, 4) is 11.5 Å². The first-order valence-electron chi connectivity index (χ1n) is 9.85. The van der Waals surface area contributed by atoms with E-state index in [1.807, 2.05) is 24.3 Å². The number of carboxylic acid groups (broad SMARTS) is 1. The Labute approximate surface area is 171 Å². The van der Waals surface area contributed by atoms with Gasteiger partial charge >= 0.3 is 5.97 Å². The summed E-state index contributed by atoms with van der Waals surface area (Å²) in [7, 11) is 0. The van der Waals surface area contributed by atoms with Crippen molar-refractivity contribution in [2.45, 2.75) is 33.1 Å². The van der Waals surface area contributed by atoms with Crippen molar-refractivity contribution in [3.05, 3.63) is 59.4 Å². The molecule has 0 spiro atoms. The Balaban J connectivity index is 2.14. The molecule has 2 aromatic rings. The summed E-state index contributed by atoms with van der Waals surface area (Å²) in [6, 6.07) is 13.0. The van der Waals surface area contributed by atoms with Gasteiger partial charge in [0.2, 0.25) is 5.76 Å². The van der Waals surface area contributed by atoms with Gasteiger partial charge in [0.1, 0.15) is 0 Å². The number of unbranched alkanes of at least 4 members (excludes halogenated alkanes) is 1. The van der Waals surface area contributed by atoms with Crippen LogP contribution >= 0.6 is 0 Å². The summed E-state index contributed by atoms with van der Waals surface area (Å²) in [6.45, 7) is 5.15. The van der Waals surface area contributed by atoms with Crippen molar-refractivity contribution in [2.75, 3.05) is 25.6 Å². The zero-order chi connectivity index (χ0) is 21.1. The molecule has 0 heterocycles. The molecule has 0 atom stereocenters. The Morgan fingerprint density at radius 1 is 1.07 bits per heavy atom. The highest BCUT2D eigenvalue weighted by atomic mass is 16.5. The maximum atomic E-state index is 11.3. The largest absolute Gasteiger partial charge is 0.490 e. The van der Waals surface area contributed by atoms with Crippen LogP contribution in [0, 0.1) is 0 Å². The van der Waals surface area contributed by atoms with E-state index in [-0.39, 0.29) is 12.4 Å². The van der Waals surface area contributed by atoms with E-state index in [9.17, 15) is 9.90 Å². The van der Waals surface area contributed by atoms with E-state index in [1.54, 1.807) is 25.1 Å². The number of carbonyl (C=O) groups is 1. The highest BCUT2D eigenvalue weighted by Gasteiger charge is 2.11. The molecule has 2 aromatic carbocycles. The van der Waals surface area contributed by atoms with Crippen LogP contribution in [0.4, 0.5) is 5.69 Å². The van der Waals surface area contributed by atoms with Gasteiger partial charge in [0.15, 0.2) is 11.5 Å². The van der Waals surface area contributed by atoms with Crippen LogP contribution in [0.3, 0.4) is 0 Å². The third kappa shape index (κ3) is 7.41. The molecule has 156 valence electrons. The van der Waals surface area contributed by atoms with Crippen LogP contribution in [-0.4, -0.2) is 30.9 Å². The van der Waals surface area contributed by atoms with Gasteiger partial charge in [-0.3, -0.25) is 0 Å². The molecule has 29 heavy (non-hydrogen) atoms. The smallest absolute Gasteiger partial charge is 0.371 e. The minimum Gasteiger partial charge on any atom is -0.490 e. The van der Waals surface area contributed by atoms with Gasteiger partial charge in [-0.2, -0.15) is 0 Å². The molecule has 0 saturated heterocycles.